The highest BCUT2D eigenvalue weighted by Gasteiger charge is 2.38. The summed E-state index contributed by atoms with van der Waals surface area (Å²) in [5, 5.41) is 0.0893. The molecule has 0 amide bonds. The van der Waals surface area contributed by atoms with Gasteiger partial charge in [0.25, 0.3) is 0 Å². The van der Waals surface area contributed by atoms with Crippen molar-refractivity contribution in [1.82, 2.24) is 0 Å². The van der Waals surface area contributed by atoms with E-state index in [4.69, 9.17) is 35.8 Å². The number of hydrogen-bond donors (Lipinski definition) is 0. The fourth-order valence-corrected chi connectivity index (χ4v) is 2.64. The van der Waals surface area contributed by atoms with Crippen molar-refractivity contribution in [3.63, 3.8) is 0 Å². The zero-order valence-electron chi connectivity index (χ0n) is 8.59. The first-order valence-corrected chi connectivity index (χ1v) is 6.15. The molecule has 0 spiro atoms. The van der Waals surface area contributed by atoms with Gasteiger partial charge in [0.15, 0.2) is 0 Å². The van der Waals surface area contributed by atoms with Gasteiger partial charge in [-0.3, -0.25) is 0 Å². The molecule has 14 heavy (non-hydrogen) atoms. The molecule has 0 saturated heterocycles. The van der Waals surface area contributed by atoms with Gasteiger partial charge in [-0.15, -0.1) is 23.2 Å². The Morgan fingerprint density at radius 3 is 2.57 bits per heavy atom. The van der Waals surface area contributed by atoms with Crippen LogP contribution in [0.1, 0.15) is 26.2 Å². The normalized spacial score (nSPS) is 37.6. The molecule has 1 rings (SSSR count). The zero-order valence-corrected chi connectivity index (χ0v) is 10.1. The third-order valence-electron chi connectivity index (χ3n) is 2.78. The van der Waals surface area contributed by atoms with Crippen LogP contribution in [0.4, 0.5) is 0 Å². The average Bonchev–Trinajstić information content (AvgIpc) is 2.38. The Morgan fingerprint density at radius 2 is 2.07 bits per heavy atom. The van der Waals surface area contributed by atoms with Crippen LogP contribution in [0.3, 0.4) is 0 Å². The molecule has 1 saturated carbocycles. The summed E-state index contributed by atoms with van der Waals surface area (Å²) in [6, 6.07) is 0. The van der Waals surface area contributed by atoms with Crippen LogP contribution in [0, 0.1) is 5.92 Å². The molecule has 1 nitrogen and oxygen atoms in total. The molecule has 0 aromatic carbocycles. The van der Waals surface area contributed by atoms with Crippen LogP contribution in [-0.4, -0.2) is 31.8 Å². The van der Waals surface area contributed by atoms with Gasteiger partial charge in [-0.1, -0.05) is 19.2 Å². The minimum Gasteiger partial charge on any atom is -0.381 e. The third kappa shape index (κ3) is 3.32. The molecule has 4 atom stereocenters. The first kappa shape index (κ1) is 12.7. The Hall–Kier alpha value is 0.605. The van der Waals surface area contributed by atoms with E-state index in [1.54, 1.807) is 0 Å². The Morgan fingerprint density at radius 1 is 1.36 bits per heavy atom. The lowest BCUT2D eigenvalue weighted by Gasteiger charge is -2.19. The van der Waals surface area contributed by atoms with Gasteiger partial charge < -0.3 is 4.74 Å². The van der Waals surface area contributed by atoms with Gasteiger partial charge in [-0.2, -0.15) is 0 Å². The lowest BCUT2D eigenvalue weighted by molar-refractivity contribution is 0.100. The fraction of sp³-hybridized carbons (Fsp3) is 1.00. The van der Waals surface area contributed by atoms with Crippen LogP contribution in [0.2, 0.25) is 5.82 Å². The first-order chi connectivity index (χ1) is 6.66. The molecule has 0 N–H and O–H groups in total. The lowest BCUT2D eigenvalue weighted by atomic mass is 9.79. The first-order valence-electron chi connectivity index (χ1n) is 5.28. The number of halogens is 2. The van der Waals surface area contributed by atoms with Crippen LogP contribution >= 0.6 is 23.2 Å². The summed E-state index contributed by atoms with van der Waals surface area (Å²) in [6.07, 6.45) is 3.05. The zero-order chi connectivity index (χ0) is 10.6. The topological polar surface area (TPSA) is 9.23 Å². The molecule has 1 fully saturated rings. The Balaban J connectivity index is 2.22. The Bertz CT molecular complexity index is 168. The van der Waals surface area contributed by atoms with Crippen LogP contribution in [0.15, 0.2) is 0 Å². The maximum Gasteiger partial charge on any atom is 0.0725 e. The van der Waals surface area contributed by atoms with Gasteiger partial charge in [0.1, 0.15) is 0 Å². The minimum absolute atomic E-state index is 0.0114. The summed E-state index contributed by atoms with van der Waals surface area (Å²) >= 11 is 12.2. The molecular weight excluding hydrogens is 218 g/mol. The van der Waals surface area contributed by atoms with E-state index in [9.17, 15) is 0 Å². The van der Waals surface area contributed by atoms with Crippen molar-refractivity contribution in [2.45, 2.75) is 42.8 Å². The van der Waals surface area contributed by atoms with E-state index in [-0.39, 0.29) is 22.5 Å². The number of ether oxygens (including phenoxy) is 1. The SMILES string of the molecule is [B]C1C(Cl)CC(Cl)C1COCCCC. The quantitative estimate of drug-likeness (QED) is 0.404. The van der Waals surface area contributed by atoms with Crippen LogP contribution < -0.4 is 0 Å². The smallest absolute Gasteiger partial charge is 0.0725 e. The summed E-state index contributed by atoms with van der Waals surface area (Å²) in [6.45, 7) is 3.60. The number of hydrogen-bond acceptors (Lipinski definition) is 1. The highest BCUT2D eigenvalue weighted by molar-refractivity contribution is 6.29. The van der Waals surface area contributed by atoms with E-state index in [1.165, 1.54) is 0 Å². The highest BCUT2D eigenvalue weighted by atomic mass is 35.5. The maximum atomic E-state index is 6.14. The summed E-state index contributed by atoms with van der Waals surface area (Å²) in [4.78, 5) is 0. The highest BCUT2D eigenvalue weighted by Crippen LogP contribution is 2.41. The number of alkyl halides is 2. The van der Waals surface area contributed by atoms with Gasteiger partial charge in [0.2, 0.25) is 0 Å². The standard InChI is InChI=1S/C10H17BCl2O/c1-2-3-4-14-6-7-8(12)5-9(13)10(7)11/h7-10H,2-6H2,1H3. The molecule has 1 aliphatic rings. The van der Waals surface area contributed by atoms with Gasteiger partial charge in [0.05, 0.1) is 14.5 Å². The van der Waals surface area contributed by atoms with E-state index in [0.29, 0.717) is 6.61 Å². The summed E-state index contributed by atoms with van der Waals surface area (Å²) in [5.41, 5.74) is 0. The van der Waals surface area contributed by atoms with E-state index in [1.807, 2.05) is 0 Å². The molecular formula is C10H17BCl2O. The van der Waals surface area contributed by atoms with Crippen molar-refractivity contribution in [3.8, 4) is 0 Å². The molecule has 1 aliphatic carbocycles. The largest absolute Gasteiger partial charge is 0.381 e. The van der Waals surface area contributed by atoms with E-state index in [2.05, 4.69) is 6.92 Å². The average molecular weight is 235 g/mol. The molecule has 0 aromatic rings. The second kappa shape index (κ2) is 6.24. The molecule has 80 valence electrons. The minimum atomic E-state index is -0.0132. The second-order valence-corrected chi connectivity index (χ2v) is 5.06. The van der Waals surface area contributed by atoms with Crippen molar-refractivity contribution in [3.05, 3.63) is 0 Å². The van der Waals surface area contributed by atoms with Crippen LogP contribution in [-0.2, 0) is 4.74 Å². The van der Waals surface area contributed by atoms with E-state index < -0.39 is 0 Å². The Kier molecular flexibility index (Phi) is 5.65. The molecule has 0 heterocycles. The van der Waals surface area contributed by atoms with Gasteiger partial charge in [-0.05, 0) is 18.8 Å². The number of unbranched alkanes of at least 4 members (excludes halogenated alkanes) is 1. The summed E-state index contributed by atoms with van der Waals surface area (Å²) in [7, 11) is 5.93. The van der Waals surface area contributed by atoms with Gasteiger partial charge in [0, 0.05) is 17.4 Å². The van der Waals surface area contributed by atoms with Crippen molar-refractivity contribution < 1.29 is 4.74 Å². The molecule has 0 bridgehead atoms. The van der Waals surface area contributed by atoms with Crippen molar-refractivity contribution in [2.24, 2.45) is 5.92 Å². The van der Waals surface area contributed by atoms with E-state index >= 15 is 0 Å². The van der Waals surface area contributed by atoms with E-state index in [0.717, 1.165) is 25.9 Å². The van der Waals surface area contributed by atoms with Gasteiger partial charge in [-0.25, -0.2) is 0 Å². The maximum absolute atomic E-state index is 6.14. The molecule has 2 radical (unpaired) electrons. The molecule has 0 aliphatic heterocycles. The van der Waals surface area contributed by atoms with Crippen LogP contribution in [0.5, 0.6) is 0 Å². The predicted molar refractivity (Wildman–Crippen MR) is 62.6 cm³/mol. The fourth-order valence-electron chi connectivity index (χ4n) is 1.74. The van der Waals surface area contributed by atoms with Gasteiger partial charge >= 0.3 is 0 Å². The van der Waals surface area contributed by atoms with Crippen LogP contribution in [0.25, 0.3) is 0 Å². The molecule has 0 aromatic heterocycles. The molecule has 4 heteroatoms. The number of rotatable bonds is 5. The molecule has 4 unspecified atom stereocenters. The monoisotopic (exact) mass is 234 g/mol. The summed E-state index contributed by atoms with van der Waals surface area (Å²) in [5.74, 6) is 0.205. The predicted octanol–water partition coefficient (Wildman–Crippen LogP) is 2.99. The second-order valence-electron chi connectivity index (χ2n) is 3.94. The van der Waals surface area contributed by atoms with Crippen molar-refractivity contribution in [2.75, 3.05) is 13.2 Å². The van der Waals surface area contributed by atoms with Crippen molar-refractivity contribution in [1.29, 1.82) is 0 Å². The Labute approximate surface area is 97.9 Å². The third-order valence-corrected chi connectivity index (χ3v) is 3.75. The summed E-state index contributed by atoms with van der Waals surface area (Å²) < 4.78 is 5.52. The van der Waals surface area contributed by atoms with Crippen molar-refractivity contribution >= 4 is 31.0 Å². The lowest BCUT2D eigenvalue weighted by Crippen LogP contribution is -2.20.